The number of hydrogen-bond acceptors (Lipinski definition) is 5. The van der Waals surface area contributed by atoms with Gasteiger partial charge in [0, 0.05) is 0 Å². The molecule has 0 saturated carbocycles. The van der Waals surface area contributed by atoms with Gasteiger partial charge in [-0.2, -0.15) is 0 Å². The second kappa shape index (κ2) is 7.49. The standard InChI is InChI=1S/C14H13N3O4/c18-13(16-17-14(19)12-7-4-8-20-12)10-21-15-9-11-5-2-1-3-6-11/h1-9H,10H2,(H,16,18)(H,17,19)/b15-9+. The minimum atomic E-state index is -0.555. The summed E-state index contributed by atoms with van der Waals surface area (Å²) in [5, 5.41) is 3.64. The van der Waals surface area contributed by atoms with Crippen molar-refractivity contribution in [1.29, 1.82) is 0 Å². The second-order valence-electron chi connectivity index (χ2n) is 3.90. The maximum absolute atomic E-state index is 11.4. The topological polar surface area (TPSA) is 92.9 Å². The predicted molar refractivity (Wildman–Crippen MR) is 74.3 cm³/mol. The van der Waals surface area contributed by atoms with E-state index in [2.05, 4.69) is 16.0 Å². The summed E-state index contributed by atoms with van der Waals surface area (Å²) in [5.41, 5.74) is 5.20. The molecule has 0 atom stereocenters. The second-order valence-corrected chi connectivity index (χ2v) is 3.90. The summed E-state index contributed by atoms with van der Waals surface area (Å²) in [6.45, 7) is -0.318. The highest BCUT2D eigenvalue weighted by molar-refractivity contribution is 5.92. The summed E-state index contributed by atoms with van der Waals surface area (Å²) in [4.78, 5) is 27.6. The molecule has 0 aliphatic rings. The first-order valence-corrected chi connectivity index (χ1v) is 6.09. The van der Waals surface area contributed by atoms with E-state index < -0.39 is 11.8 Å². The number of benzene rings is 1. The van der Waals surface area contributed by atoms with E-state index in [9.17, 15) is 9.59 Å². The normalized spacial score (nSPS) is 10.3. The van der Waals surface area contributed by atoms with Gasteiger partial charge >= 0.3 is 5.91 Å². The van der Waals surface area contributed by atoms with Crippen LogP contribution in [0.3, 0.4) is 0 Å². The molecule has 7 nitrogen and oxygen atoms in total. The number of oxime groups is 1. The third-order valence-electron chi connectivity index (χ3n) is 2.33. The molecule has 0 bridgehead atoms. The fourth-order valence-corrected chi connectivity index (χ4v) is 1.37. The molecule has 1 aromatic heterocycles. The summed E-state index contributed by atoms with van der Waals surface area (Å²) in [6.07, 6.45) is 2.84. The van der Waals surface area contributed by atoms with Crippen molar-refractivity contribution in [3.63, 3.8) is 0 Å². The SMILES string of the molecule is O=C(CO/N=C/c1ccccc1)NNC(=O)c1ccco1. The van der Waals surface area contributed by atoms with Crippen LogP contribution >= 0.6 is 0 Å². The van der Waals surface area contributed by atoms with Crippen LogP contribution in [0.1, 0.15) is 16.1 Å². The van der Waals surface area contributed by atoms with Crippen LogP contribution in [0.25, 0.3) is 0 Å². The number of hydrogen-bond donors (Lipinski definition) is 2. The molecule has 108 valence electrons. The van der Waals surface area contributed by atoms with Crippen molar-refractivity contribution in [3.05, 3.63) is 60.1 Å². The maximum Gasteiger partial charge on any atom is 0.305 e. The van der Waals surface area contributed by atoms with E-state index in [1.165, 1.54) is 18.5 Å². The van der Waals surface area contributed by atoms with Gasteiger partial charge in [-0.25, -0.2) is 0 Å². The summed E-state index contributed by atoms with van der Waals surface area (Å²) >= 11 is 0. The van der Waals surface area contributed by atoms with E-state index in [-0.39, 0.29) is 12.4 Å². The molecule has 0 aliphatic heterocycles. The lowest BCUT2D eigenvalue weighted by Crippen LogP contribution is -2.43. The van der Waals surface area contributed by atoms with Crippen LogP contribution in [0.4, 0.5) is 0 Å². The van der Waals surface area contributed by atoms with Gasteiger partial charge in [-0.05, 0) is 17.7 Å². The van der Waals surface area contributed by atoms with Crippen LogP contribution in [0.15, 0.2) is 58.3 Å². The zero-order chi connectivity index (χ0) is 14.9. The summed E-state index contributed by atoms with van der Waals surface area (Å²) < 4.78 is 4.86. The molecular formula is C14H13N3O4. The van der Waals surface area contributed by atoms with Crippen LogP contribution in [0.5, 0.6) is 0 Å². The van der Waals surface area contributed by atoms with Crippen LogP contribution in [-0.2, 0) is 9.63 Å². The molecule has 2 amide bonds. The number of furan rings is 1. The summed E-state index contributed by atoms with van der Waals surface area (Å²) in [5.74, 6) is -1.00. The molecule has 0 fully saturated rings. The third kappa shape index (κ3) is 4.83. The Morgan fingerprint density at radius 3 is 2.67 bits per heavy atom. The first-order chi connectivity index (χ1) is 10.3. The molecule has 0 aliphatic carbocycles. The highest BCUT2D eigenvalue weighted by Crippen LogP contribution is 1.98. The monoisotopic (exact) mass is 287 g/mol. The van der Waals surface area contributed by atoms with Crippen molar-refractivity contribution in [1.82, 2.24) is 10.9 Å². The van der Waals surface area contributed by atoms with Crippen LogP contribution in [0.2, 0.25) is 0 Å². The lowest BCUT2D eigenvalue weighted by Gasteiger charge is -2.04. The van der Waals surface area contributed by atoms with Crippen molar-refractivity contribution in [2.24, 2.45) is 5.16 Å². The van der Waals surface area contributed by atoms with E-state index in [0.717, 1.165) is 5.56 Å². The van der Waals surface area contributed by atoms with Crippen molar-refractivity contribution >= 4 is 18.0 Å². The highest BCUT2D eigenvalue weighted by atomic mass is 16.6. The molecular weight excluding hydrogens is 274 g/mol. The van der Waals surface area contributed by atoms with Crippen LogP contribution in [0, 0.1) is 0 Å². The molecule has 2 rings (SSSR count). The third-order valence-corrected chi connectivity index (χ3v) is 2.33. The first-order valence-electron chi connectivity index (χ1n) is 6.09. The number of hydrazine groups is 1. The van der Waals surface area contributed by atoms with Gasteiger partial charge in [-0.1, -0.05) is 35.5 Å². The molecule has 0 unspecified atom stereocenters. The number of amides is 2. The van der Waals surface area contributed by atoms with E-state index in [1.54, 1.807) is 6.07 Å². The minimum Gasteiger partial charge on any atom is -0.459 e. The Kier molecular flexibility index (Phi) is 5.11. The number of nitrogens with one attached hydrogen (secondary N) is 2. The summed E-state index contributed by atoms with van der Waals surface area (Å²) in [6, 6.07) is 12.3. The maximum atomic E-state index is 11.4. The Morgan fingerprint density at radius 1 is 1.14 bits per heavy atom. The number of carbonyl (C=O) groups is 2. The first kappa shape index (κ1) is 14.3. The lowest BCUT2D eigenvalue weighted by atomic mass is 10.2. The van der Waals surface area contributed by atoms with E-state index >= 15 is 0 Å². The van der Waals surface area contributed by atoms with Gasteiger partial charge in [0.25, 0.3) is 5.91 Å². The number of nitrogens with zero attached hydrogens (tertiary/aromatic N) is 1. The van der Waals surface area contributed by atoms with Gasteiger partial charge in [0.15, 0.2) is 12.4 Å². The van der Waals surface area contributed by atoms with E-state index in [4.69, 9.17) is 9.25 Å². The van der Waals surface area contributed by atoms with E-state index in [0.29, 0.717) is 0 Å². The molecule has 1 heterocycles. The molecule has 1 aromatic carbocycles. The molecule has 0 radical (unpaired) electrons. The Bertz CT molecular complexity index is 608. The van der Waals surface area contributed by atoms with Gasteiger partial charge in [0.05, 0.1) is 12.5 Å². The quantitative estimate of drug-likeness (QED) is 0.636. The fourth-order valence-electron chi connectivity index (χ4n) is 1.37. The Morgan fingerprint density at radius 2 is 1.95 bits per heavy atom. The highest BCUT2D eigenvalue weighted by Gasteiger charge is 2.09. The van der Waals surface area contributed by atoms with Crippen molar-refractivity contribution in [2.45, 2.75) is 0 Å². The Balaban J connectivity index is 1.66. The smallest absolute Gasteiger partial charge is 0.305 e. The Labute approximate surface area is 120 Å². The lowest BCUT2D eigenvalue weighted by molar-refractivity contribution is -0.126. The predicted octanol–water partition coefficient (Wildman–Crippen LogP) is 1.09. The van der Waals surface area contributed by atoms with Gasteiger partial charge < -0.3 is 9.25 Å². The van der Waals surface area contributed by atoms with Crippen molar-refractivity contribution in [2.75, 3.05) is 6.61 Å². The Hall–Kier alpha value is -3.09. The van der Waals surface area contributed by atoms with Crippen molar-refractivity contribution < 1.29 is 18.8 Å². The molecule has 2 N–H and O–H groups in total. The van der Waals surface area contributed by atoms with Crippen molar-refractivity contribution in [3.8, 4) is 0 Å². The minimum absolute atomic E-state index is 0.0957. The van der Waals surface area contributed by atoms with Crippen LogP contribution in [-0.4, -0.2) is 24.6 Å². The van der Waals surface area contributed by atoms with E-state index in [1.807, 2.05) is 30.3 Å². The summed E-state index contributed by atoms with van der Waals surface area (Å²) in [7, 11) is 0. The van der Waals surface area contributed by atoms with Gasteiger partial charge in [0.2, 0.25) is 0 Å². The van der Waals surface area contributed by atoms with Gasteiger partial charge in [0.1, 0.15) is 0 Å². The van der Waals surface area contributed by atoms with Crippen LogP contribution < -0.4 is 10.9 Å². The average Bonchev–Trinajstić information content (AvgIpc) is 3.05. The molecule has 7 heteroatoms. The van der Waals surface area contributed by atoms with Gasteiger partial charge in [-0.15, -0.1) is 0 Å². The zero-order valence-corrected chi connectivity index (χ0v) is 11.0. The molecule has 21 heavy (non-hydrogen) atoms. The molecule has 2 aromatic rings. The molecule has 0 spiro atoms. The van der Waals surface area contributed by atoms with Gasteiger partial charge in [-0.3, -0.25) is 20.4 Å². The largest absolute Gasteiger partial charge is 0.459 e. The number of rotatable bonds is 5. The fraction of sp³-hybridized carbons (Fsp3) is 0.0714. The average molecular weight is 287 g/mol. The molecule has 0 saturated heterocycles. The zero-order valence-electron chi connectivity index (χ0n) is 11.0. The number of carbonyl (C=O) groups excluding carboxylic acids is 2.